The monoisotopic (exact) mass is 431 g/mol. The number of rotatable bonds is 5. The SMILES string of the molecule is COC(=O)C1=C(C)NC(C)=C(C(=O)OC)C1c1cn[nH]c1-c1ccc(SC)cc1.O. The summed E-state index contributed by atoms with van der Waals surface area (Å²) in [5.41, 5.74) is 4.27. The fourth-order valence-electron chi connectivity index (χ4n) is 3.57. The Morgan fingerprint density at radius 2 is 1.53 bits per heavy atom. The zero-order valence-electron chi connectivity index (χ0n) is 17.5. The summed E-state index contributed by atoms with van der Waals surface area (Å²) in [4.78, 5) is 26.4. The number of H-pyrrole nitrogens is 1. The van der Waals surface area contributed by atoms with Gasteiger partial charge in [0.05, 0.1) is 43.2 Å². The summed E-state index contributed by atoms with van der Waals surface area (Å²) in [7, 11) is 2.64. The molecule has 1 aromatic carbocycles. The van der Waals surface area contributed by atoms with Gasteiger partial charge in [-0.05, 0) is 37.8 Å². The Kier molecular flexibility index (Phi) is 7.47. The highest BCUT2D eigenvalue weighted by Crippen LogP contribution is 2.42. The summed E-state index contributed by atoms with van der Waals surface area (Å²) in [6, 6.07) is 7.98. The molecule has 9 heteroatoms. The van der Waals surface area contributed by atoms with Crippen LogP contribution in [0.1, 0.15) is 25.3 Å². The molecule has 1 aliphatic rings. The molecule has 0 fully saturated rings. The van der Waals surface area contributed by atoms with Crippen LogP contribution in [-0.4, -0.2) is 48.1 Å². The van der Waals surface area contributed by atoms with E-state index in [1.807, 2.05) is 30.5 Å². The molecule has 0 spiro atoms. The number of esters is 2. The van der Waals surface area contributed by atoms with Gasteiger partial charge in [0.1, 0.15) is 0 Å². The minimum Gasteiger partial charge on any atom is -0.466 e. The quantitative estimate of drug-likeness (QED) is 0.550. The number of thioether (sulfide) groups is 1. The van der Waals surface area contributed by atoms with Crippen molar-refractivity contribution in [3.63, 3.8) is 0 Å². The van der Waals surface area contributed by atoms with Gasteiger partial charge >= 0.3 is 11.9 Å². The number of benzene rings is 1. The first-order chi connectivity index (χ1) is 13.9. The lowest BCUT2D eigenvalue weighted by Gasteiger charge is -2.29. The van der Waals surface area contributed by atoms with Crippen LogP contribution in [-0.2, 0) is 19.1 Å². The fourth-order valence-corrected chi connectivity index (χ4v) is 3.98. The summed E-state index contributed by atoms with van der Waals surface area (Å²) in [6.45, 7) is 3.56. The van der Waals surface area contributed by atoms with Gasteiger partial charge in [0.2, 0.25) is 0 Å². The van der Waals surface area contributed by atoms with Crippen LogP contribution in [0.2, 0.25) is 0 Å². The maximum atomic E-state index is 12.6. The predicted octanol–water partition coefficient (Wildman–Crippen LogP) is 2.55. The molecule has 0 bridgehead atoms. The summed E-state index contributed by atoms with van der Waals surface area (Å²) < 4.78 is 10.0. The molecule has 2 heterocycles. The van der Waals surface area contributed by atoms with E-state index >= 15 is 0 Å². The van der Waals surface area contributed by atoms with Gasteiger partial charge in [0, 0.05) is 21.9 Å². The van der Waals surface area contributed by atoms with Gasteiger partial charge in [-0.2, -0.15) is 5.10 Å². The second-order valence-corrected chi connectivity index (χ2v) is 7.43. The van der Waals surface area contributed by atoms with Gasteiger partial charge in [-0.1, -0.05) is 12.1 Å². The van der Waals surface area contributed by atoms with E-state index in [2.05, 4.69) is 15.5 Å². The van der Waals surface area contributed by atoms with E-state index in [4.69, 9.17) is 9.47 Å². The number of hydrogen-bond acceptors (Lipinski definition) is 7. The molecular formula is C21H25N3O5S. The Bertz CT molecular complexity index is 970. The number of methoxy groups -OCH3 is 2. The third-order valence-electron chi connectivity index (χ3n) is 4.93. The Hall–Kier alpha value is -3.04. The molecule has 1 aromatic heterocycles. The second-order valence-electron chi connectivity index (χ2n) is 6.55. The van der Waals surface area contributed by atoms with Gasteiger partial charge in [-0.25, -0.2) is 9.59 Å². The van der Waals surface area contributed by atoms with Crippen molar-refractivity contribution in [1.29, 1.82) is 0 Å². The number of aromatic amines is 1. The number of carbonyl (C=O) groups excluding carboxylic acids is 2. The third kappa shape index (κ3) is 4.12. The zero-order valence-corrected chi connectivity index (χ0v) is 18.3. The molecule has 0 atom stereocenters. The lowest BCUT2D eigenvalue weighted by Crippen LogP contribution is -2.32. The molecule has 0 unspecified atom stereocenters. The summed E-state index contributed by atoms with van der Waals surface area (Å²) in [5.74, 6) is -1.71. The lowest BCUT2D eigenvalue weighted by molar-refractivity contribution is -0.137. The molecule has 0 radical (unpaired) electrons. The van der Waals surface area contributed by atoms with Crippen molar-refractivity contribution in [3.05, 3.63) is 58.6 Å². The number of nitrogens with one attached hydrogen (secondary N) is 2. The first-order valence-corrected chi connectivity index (χ1v) is 10.2. The van der Waals surface area contributed by atoms with E-state index in [1.54, 1.807) is 31.8 Å². The number of aromatic nitrogens is 2. The maximum absolute atomic E-state index is 12.6. The lowest BCUT2D eigenvalue weighted by atomic mass is 9.80. The molecule has 0 amide bonds. The smallest absolute Gasteiger partial charge is 0.336 e. The highest BCUT2D eigenvalue weighted by atomic mass is 32.2. The Balaban J connectivity index is 0.00000320. The molecule has 30 heavy (non-hydrogen) atoms. The molecule has 4 N–H and O–H groups in total. The van der Waals surface area contributed by atoms with E-state index in [0.29, 0.717) is 28.1 Å². The van der Waals surface area contributed by atoms with Crippen LogP contribution in [0.4, 0.5) is 0 Å². The first-order valence-electron chi connectivity index (χ1n) is 8.95. The standard InChI is InChI=1S/C21H23N3O4S.H2O/c1-11-16(20(25)27-3)18(17(12(2)23-11)21(26)28-4)15-10-22-24-19(15)13-6-8-14(29-5)9-7-13;/h6-10,18,23H,1-5H3,(H,22,24);1H2. The number of dihydropyridines is 1. The molecule has 160 valence electrons. The highest BCUT2D eigenvalue weighted by Gasteiger charge is 2.39. The van der Waals surface area contributed by atoms with Crippen LogP contribution in [0.15, 0.2) is 57.9 Å². The van der Waals surface area contributed by atoms with Crippen molar-refractivity contribution < 1.29 is 24.5 Å². The van der Waals surface area contributed by atoms with Crippen LogP contribution < -0.4 is 5.32 Å². The maximum Gasteiger partial charge on any atom is 0.336 e. The normalized spacial score (nSPS) is 14.2. The van der Waals surface area contributed by atoms with E-state index in [9.17, 15) is 9.59 Å². The molecule has 3 rings (SSSR count). The third-order valence-corrected chi connectivity index (χ3v) is 5.67. The Morgan fingerprint density at radius 3 is 2.00 bits per heavy atom. The molecule has 0 aliphatic carbocycles. The van der Waals surface area contributed by atoms with Crippen LogP contribution in [0.5, 0.6) is 0 Å². The summed E-state index contributed by atoms with van der Waals surface area (Å²) in [6.07, 6.45) is 3.65. The molecule has 2 aromatic rings. The van der Waals surface area contributed by atoms with Crippen LogP contribution in [0.25, 0.3) is 11.3 Å². The number of carbonyl (C=O) groups is 2. The zero-order chi connectivity index (χ0) is 21.1. The summed E-state index contributed by atoms with van der Waals surface area (Å²) >= 11 is 1.65. The van der Waals surface area contributed by atoms with Gasteiger partial charge < -0.3 is 20.3 Å². The minimum absolute atomic E-state index is 0. The van der Waals surface area contributed by atoms with Crippen molar-refractivity contribution in [1.82, 2.24) is 15.5 Å². The van der Waals surface area contributed by atoms with E-state index < -0.39 is 17.9 Å². The van der Waals surface area contributed by atoms with E-state index in [1.165, 1.54) is 14.2 Å². The van der Waals surface area contributed by atoms with Crippen molar-refractivity contribution in [3.8, 4) is 11.3 Å². The van der Waals surface area contributed by atoms with Gasteiger partial charge in [-0.15, -0.1) is 11.8 Å². The van der Waals surface area contributed by atoms with Gasteiger partial charge in [0.25, 0.3) is 0 Å². The van der Waals surface area contributed by atoms with Crippen molar-refractivity contribution in [2.24, 2.45) is 0 Å². The number of allylic oxidation sites excluding steroid dienone is 2. The number of nitrogens with zero attached hydrogens (tertiary/aromatic N) is 1. The average Bonchev–Trinajstić information content (AvgIpc) is 3.21. The first kappa shape index (κ1) is 23.2. The van der Waals surface area contributed by atoms with Crippen molar-refractivity contribution >= 4 is 23.7 Å². The topological polar surface area (TPSA) is 125 Å². The second kappa shape index (κ2) is 9.64. The number of ether oxygens (including phenoxy) is 2. The van der Waals surface area contributed by atoms with Gasteiger partial charge in [0.15, 0.2) is 0 Å². The van der Waals surface area contributed by atoms with Crippen molar-refractivity contribution in [2.75, 3.05) is 20.5 Å². The molecule has 0 saturated carbocycles. The molecule has 1 aliphatic heterocycles. The average molecular weight is 432 g/mol. The van der Waals surface area contributed by atoms with Gasteiger partial charge in [-0.3, -0.25) is 5.10 Å². The minimum atomic E-state index is -0.676. The Labute approximate surface area is 179 Å². The fraction of sp³-hybridized carbons (Fsp3) is 0.286. The highest BCUT2D eigenvalue weighted by molar-refractivity contribution is 7.98. The molecule has 0 saturated heterocycles. The van der Waals surface area contributed by atoms with Crippen LogP contribution in [0.3, 0.4) is 0 Å². The van der Waals surface area contributed by atoms with Crippen LogP contribution in [0, 0.1) is 0 Å². The predicted molar refractivity (Wildman–Crippen MR) is 115 cm³/mol. The summed E-state index contributed by atoms with van der Waals surface area (Å²) in [5, 5.41) is 10.3. The van der Waals surface area contributed by atoms with Crippen molar-refractivity contribution in [2.45, 2.75) is 24.7 Å². The largest absolute Gasteiger partial charge is 0.466 e. The van der Waals surface area contributed by atoms with E-state index in [-0.39, 0.29) is 5.48 Å². The molecule has 8 nitrogen and oxygen atoms in total. The Morgan fingerprint density at radius 1 is 1.00 bits per heavy atom. The molecular weight excluding hydrogens is 406 g/mol. The van der Waals surface area contributed by atoms with Crippen LogP contribution >= 0.6 is 11.8 Å². The van der Waals surface area contributed by atoms with E-state index in [0.717, 1.165) is 16.2 Å². The number of hydrogen-bond donors (Lipinski definition) is 2.